The van der Waals surface area contributed by atoms with Crippen molar-refractivity contribution in [2.24, 2.45) is 5.92 Å². The van der Waals surface area contributed by atoms with Gasteiger partial charge in [0, 0.05) is 18.0 Å². The number of rotatable bonds is 3. The third kappa shape index (κ3) is 2.90. The first-order chi connectivity index (χ1) is 9.72. The molecule has 0 radical (unpaired) electrons. The summed E-state index contributed by atoms with van der Waals surface area (Å²) in [5.74, 6) is 0.772. The number of aromatic nitrogens is 2. The molecule has 3 rings (SSSR count). The summed E-state index contributed by atoms with van der Waals surface area (Å²) in [4.78, 5) is 16.7. The van der Waals surface area contributed by atoms with Crippen LogP contribution in [0.2, 0.25) is 0 Å². The Morgan fingerprint density at radius 1 is 1.35 bits per heavy atom. The second-order valence-electron chi connectivity index (χ2n) is 5.75. The Balaban J connectivity index is 1.79. The van der Waals surface area contributed by atoms with E-state index in [9.17, 15) is 4.79 Å². The van der Waals surface area contributed by atoms with Gasteiger partial charge in [-0.3, -0.25) is 9.20 Å². The number of hydrogen-bond acceptors (Lipinski definition) is 3. The van der Waals surface area contributed by atoms with E-state index in [0.717, 1.165) is 48.8 Å². The zero-order valence-electron chi connectivity index (χ0n) is 11.9. The molecular weight excluding hydrogens is 250 g/mol. The molecule has 1 N–H and O–H groups in total. The fraction of sp³-hybridized carbons (Fsp3) is 0.500. The molecule has 0 amide bonds. The van der Waals surface area contributed by atoms with E-state index in [1.54, 1.807) is 16.7 Å². The summed E-state index contributed by atoms with van der Waals surface area (Å²) in [7, 11) is 0. The lowest BCUT2D eigenvalue weighted by Crippen LogP contribution is -2.28. The maximum absolute atomic E-state index is 12.1. The Morgan fingerprint density at radius 2 is 2.15 bits per heavy atom. The Bertz CT molecular complexity index is 656. The van der Waals surface area contributed by atoms with Crippen LogP contribution in [0.15, 0.2) is 29.2 Å². The Labute approximate surface area is 118 Å². The molecule has 20 heavy (non-hydrogen) atoms. The molecule has 4 nitrogen and oxygen atoms in total. The average molecular weight is 271 g/mol. The summed E-state index contributed by atoms with van der Waals surface area (Å²) in [5.41, 5.74) is 2.85. The minimum absolute atomic E-state index is 0.0234. The predicted molar refractivity (Wildman–Crippen MR) is 80.1 cm³/mol. The molecule has 106 valence electrons. The molecule has 2 aromatic rings. The zero-order valence-corrected chi connectivity index (χ0v) is 11.9. The SMILES string of the molecule is Cc1ccn2c(=O)cc(CCC3CCNCC3)nc2c1. The number of piperidine rings is 1. The van der Waals surface area contributed by atoms with Crippen LogP contribution in [0, 0.1) is 12.8 Å². The average Bonchev–Trinajstić information content (AvgIpc) is 2.46. The number of hydrogen-bond donors (Lipinski definition) is 1. The molecule has 4 heteroatoms. The Morgan fingerprint density at radius 3 is 2.95 bits per heavy atom. The van der Waals surface area contributed by atoms with Gasteiger partial charge >= 0.3 is 0 Å². The summed E-state index contributed by atoms with van der Waals surface area (Å²) in [6, 6.07) is 5.59. The largest absolute Gasteiger partial charge is 0.317 e. The molecule has 0 unspecified atom stereocenters. The molecular formula is C16H21N3O. The molecule has 0 aliphatic carbocycles. The minimum atomic E-state index is 0.0234. The highest BCUT2D eigenvalue weighted by Gasteiger charge is 2.13. The molecule has 1 aliphatic rings. The summed E-state index contributed by atoms with van der Waals surface area (Å²) in [6.45, 7) is 4.27. The Hall–Kier alpha value is -1.68. The van der Waals surface area contributed by atoms with Gasteiger partial charge in [0.15, 0.2) is 0 Å². The van der Waals surface area contributed by atoms with E-state index in [4.69, 9.17) is 0 Å². The van der Waals surface area contributed by atoms with Gasteiger partial charge < -0.3 is 5.32 Å². The second-order valence-corrected chi connectivity index (χ2v) is 5.75. The summed E-state index contributed by atoms with van der Waals surface area (Å²) < 4.78 is 1.61. The number of fused-ring (bicyclic) bond motifs is 1. The molecule has 0 aromatic carbocycles. The lowest BCUT2D eigenvalue weighted by Gasteiger charge is -2.22. The molecule has 0 bridgehead atoms. The van der Waals surface area contributed by atoms with Crippen molar-refractivity contribution in [2.45, 2.75) is 32.6 Å². The van der Waals surface area contributed by atoms with Crippen LogP contribution < -0.4 is 10.9 Å². The highest BCUT2D eigenvalue weighted by molar-refractivity contribution is 5.41. The van der Waals surface area contributed by atoms with Gasteiger partial charge in [-0.25, -0.2) is 4.98 Å². The summed E-state index contributed by atoms with van der Waals surface area (Å²) in [5, 5.41) is 3.38. The highest BCUT2D eigenvalue weighted by atomic mass is 16.1. The van der Waals surface area contributed by atoms with Gasteiger partial charge in [-0.2, -0.15) is 0 Å². The second kappa shape index (κ2) is 5.75. The zero-order chi connectivity index (χ0) is 13.9. The van der Waals surface area contributed by atoms with E-state index in [-0.39, 0.29) is 5.56 Å². The summed E-state index contributed by atoms with van der Waals surface area (Å²) in [6.07, 6.45) is 6.33. The number of aryl methyl sites for hydroxylation is 2. The van der Waals surface area contributed by atoms with Crippen molar-refractivity contribution in [3.8, 4) is 0 Å². The van der Waals surface area contributed by atoms with Gasteiger partial charge in [0.2, 0.25) is 0 Å². The fourth-order valence-corrected chi connectivity index (χ4v) is 2.90. The van der Waals surface area contributed by atoms with Gasteiger partial charge in [0.1, 0.15) is 5.65 Å². The highest BCUT2D eigenvalue weighted by Crippen LogP contribution is 2.18. The molecule has 1 fully saturated rings. The van der Waals surface area contributed by atoms with Crippen molar-refractivity contribution >= 4 is 5.65 Å². The van der Waals surface area contributed by atoms with Crippen LogP contribution >= 0.6 is 0 Å². The third-order valence-corrected chi connectivity index (χ3v) is 4.14. The van der Waals surface area contributed by atoms with Crippen molar-refractivity contribution in [3.05, 3.63) is 46.0 Å². The fourth-order valence-electron chi connectivity index (χ4n) is 2.90. The van der Waals surface area contributed by atoms with Crippen molar-refractivity contribution in [1.29, 1.82) is 0 Å². The van der Waals surface area contributed by atoms with Gasteiger partial charge in [0.25, 0.3) is 5.56 Å². The van der Waals surface area contributed by atoms with Crippen molar-refractivity contribution in [2.75, 3.05) is 13.1 Å². The van der Waals surface area contributed by atoms with E-state index >= 15 is 0 Å². The van der Waals surface area contributed by atoms with Crippen LogP contribution in [0.5, 0.6) is 0 Å². The Kier molecular flexibility index (Phi) is 3.83. The maximum Gasteiger partial charge on any atom is 0.258 e. The first kappa shape index (κ1) is 13.3. The number of nitrogens with zero attached hydrogens (tertiary/aromatic N) is 2. The molecule has 0 spiro atoms. The molecule has 2 aromatic heterocycles. The quantitative estimate of drug-likeness (QED) is 0.928. The van der Waals surface area contributed by atoms with Crippen molar-refractivity contribution < 1.29 is 0 Å². The van der Waals surface area contributed by atoms with Crippen LogP contribution in [0.4, 0.5) is 0 Å². The molecule has 0 atom stereocenters. The van der Waals surface area contributed by atoms with Gasteiger partial charge in [-0.15, -0.1) is 0 Å². The van der Waals surface area contributed by atoms with Gasteiger partial charge in [-0.05, 0) is 69.3 Å². The van der Waals surface area contributed by atoms with E-state index in [1.165, 1.54) is 12.8 Å². The standard InChI is InChI=1S/C16H21N3O/c1-12-6-9-19-15(10-12)18-14(11-16(19)20)3-2-13-4-7-17-8-5-13/h6,9-11,13,17H,2-5,7-8H2,1H3. The van der Waals surface area contributed by atoms with Crippen molar-refractivity contribution in [3.63, 3.8) is 0 Å². The number of pyridine rings is 1. The molecule has 1 saturated heterocycles. The van der Waals surface area contributed by atoms with Crippen LogP contribution in [0.1, 0.15) is 30.5 Å². The van der Waals surface area contributed by atoms with E-state index in [0.29, 0.717) is 0 Å². The molecule has 0 saturated carbocycles. The van der Waals surface area contributed by atoms with Crippen LogP contribution in [-0.2, 0) is 6.42 Å². The first-order valence-corrected chi connectivity index (χ1v) is 7.42. The van der Waals surface area contributed by atoms with Gasteiger partial charge in [-0.1, -0.05) is 0 Å². The van der Waals surface area contributed by atoms with Crippen LogP contribution in [0.25, 0.3) is 5.65 Å². The van der Waals surface area contributed by atoms with Crippen molar-refractivity contribution in [1.82, 2.24) is 14.7 Å². The minimum Gasteiger partial charge on any atom is -0.317 e. The topological polar surface area (TPSA) is 46.4 Å². The smallest absolute Gasteiger partial charge is 0.258 e. The maximum atomic E-state index is 12.1. The number of nitrogens with one attached hydrogen (secondary N) is 1. The molecule has 3 heterocycles. The monoisotopic (exact) mass is 271 g/mol. The lowest BCUT2D eigenvalue weighted by atomic mass is 9.92. The molecule has 1 aliphatic heterocycles. The van der Waals surface area contributed by atoms with Gasteiger partial charge in [0.05, 0.1) is 0 Å². The van der Waals surface area contributed by atoms with E-state index in [1.807, 2.05) is 19.1 Å². The summed E-state index contributed by atoms with van der Waals surface area (Å²) >= 11 is 0. The van der Waals surface area contributed by atoms with Crippen LogP contribution in [-0.4, -0.2) is 22.5 Å². The predicted octanol–water partition coefficient (Wildman–Crippen LogP) is 1.94. The lowest BCUT2D eigenvalue weighted by molar-refractivity contribution is 0.353. The van der Waals surface area contributed by atoms with E-state index in [2.05, 4.69) is 10.3 Å². The normalized spacial score (nSPS) is 16.6. The van der Waals surface area contributed by atoms with Crippen LogP contribution in [0.3, 0.4) is 0 Å². The first-order valence-electron chi connectivity index (χ1n) is 7.42. The third-order valence-electron chi connectivity index (χ3n) is 4.14. The van der Waals surface area contributed by atoms with E-state index < -0.39 is 0 Å².